The molecule has 0 saturated heterocycles. The summed E-state index contributed by atoms with van der Waals surface area (Å²) in [5, 5.41) is 4.06. The predicted octanol–water partition coefficient (Wildman–Crippen LogP) is 4.13. The lowest BCUT2D eigenvalue weighted by atomic mass is 10.0. The molecule has 0 aliphatic rings. The number of hydrogen-bond acceptors (Lipinski definition) is 2. The molecule has 2 rings (SSSR count). The van der Waals surface area contributed by atoms with Crippen molar-refractivity contribution in [3.05, 3.63) is 53.1 Å². The van der Waals surface area contributed by atoms with Crippen molar-refractivity contribution in [1.82, 2.24) is 5.32 Å². The van der Waals surface area contributed by atoms with Gasteiger partial charge in [0, 0.05) is 17.1 Å². The van der Waals surface area contributed by atoms with Crippen molar-refractivity contribution in [2.45, 2.75) is 13.5 Å². The molecule has 0 amide bonds. The van der Waals surface area contributed by atoms with Crippen LogP contribution in [0.4, 0.5) is 0 Å². The second kappa shape index (κ2) is 6.60. The first-order chi connectivity index (χ1) is 9.24. The van der Waals surface area contributed by atoms with E-state index in [-0.39, 0.29) is 0 Å². The summed E-state index contributed by atoms with van der Waals surface area (Å²) >= 11 is 6.37. The van der Waals surface area contributed by atoms with Gasteiger partial charge in [-0.05, 0) is 35.9 Å². The van der Waals surface area contributed by atoms with Crippen molar-refractivity contribution < 1.29 is 4.74 Å². The van der Waals surface area contributed by atoms with Crippen molar-refractivity contribution in [2.24, 2.45) is 0 Å². The van der Waals surface area contributed by atoms with Crippen LogP contribution in [0.3, 0.4) is 0 Å². The van der Waals surface area contributed by atoms with Crippen LogP contribution in [0.1, 0.15) is 12.5 Å². The molecule has 19 heavy (non-hydrogen) atoms. The van der Waals surface area contributed by atoms with Gasteiger partial charge in [-0.1, -0.05) is 42.8 Å². The Morgan fingerprint density at radius 2 is 2.00 bits per heavy atom. The maximum absolute atomic E-state index is 6.37. The molecule has 0 aromatic heterocycles. The van der Waals surface area contributed by atoms with E-state index in [1.165, 1.54) is 5.56 Å². The Labute approximate surface area is 119 Å². The van der Waals surface area contributed by atoms with Gasteiger partial charge in [0.15, 0.2) is 0 Å². The third-order valence-corrected chi connectivity index (χ3v) is 3.31. The van der Waals surface area contributed by atoms with E-state index in [1.54, 1.807) is 7.11 Å². The fourth-order valence-corrected chi connectivity index (χ4v) is 2.27. The Bertz CT molecular complexity index is 554. The summed E-state index contributed by atoms with van der Waals surface area (Å²) in [5.41, 5.74) is 3.29. The van der Waals surface area contributed by atoms with Crippen LogP contribution >= 0.6 is 11.6 Å². The number of hydrogen-bond donors (Lipinski definition) is 1. The van der Waals surface area contributed by atoms with Gasteiger partial charge in [0.05, 0.1) is 7.11 Å². The minimum absolute atomic E-state index is 0.767. The first-order valence-electron chi connectivity index (χ1n) is 6.38. The number of benzene rings is 2. The number of rotatable bonds is 5. The van der Waals surface area contributed by atoms with E-state index in [2.05, 4.69) is 24.4 Å². The monoisotopic (exact) mass is 275 g/mol. The second-order valence-corrected chi connectivity index (χ2v) is 4.73. The van der Waals surface area contributed by atoms with E-state index in [9.17, 15) is 0 Å². The topological polar surface area (TPSA) is 21.3 Å². The summed E-state index contributed by atoms with van der Waals surface area (Å²) in [6.45, 7) is 3.89. The van der Waals surface area contributed by atoms with Crippen molar-refractivity contribution in [2.75, 3.05) is 13.7 Å². The standard InChI is InChI=1S/C16H18ClNO/c1-3-18-11-12-7-8-15(16(17)9-12)13-5-4-6-14(10-13)19-2/h4-10,18H,3,11H2,1-2H3. The van der Waals surface area contributed by atoms with Crippen molar-refractivity contribution in [3.8, 4) is 16.9 Å². The Morgan fingerprint density at radius 1 is 1.16 bits per heavy atom. The van der Waals surface area contributed by atoms with Crippen molar-refractivity contribution in [1.29, 1.82) is 0 Å². The molecule has 1 N–H and O–H groups in total. The smallest absolute Gasteiger partial charge is 0.119 e. The average molecular weight is 276 g/mol. The molecule has 0 fully saturated rings. The number of nitrogens with one attached hydrogen (secondary N) is 1. The van der Waals surface area contributed by atoms with Crippen LogP contribution in [0.5, 0.6) is 5.75 Å². The summed E-state index contributed by atoms with van der Waals surface area (Å²) in [6, 6.07) is 14.1. The first-order valence-corrected chi connectivity index (χ1v) is 6.76. The minimum atomic E-state index is 0.767. The maximum atomic E-state index is 6.37. The molecule has 0 aliphatic heterocycles. The largest absolute Gasteiger partial charge is 0.497 e. The van der Waals surface area contributed by atoms with Crippen LogP contribution in [-0.2, 0) is 6.54 Å². The van der Waals surface area contributed by atoms with Gasteiger partial charge in [0.25, 0.3) is 0 Å². The molecule has 0 aliphatic carbocycles. The Balaban J connectivity index is 2.29. The molecule has 2 aromatic rings. The zero-order valence-electron chi connectivity index (χ0n) is 11.2. The average Bonchev–Trinajstić information content (AvgIpc) is 2.45. The van der Waals surface area contributed by atoms with E-state index in [0.29, 0.717) is 0 Å². The SMILES string of the molecule is CCNCc1ccc(-c2cccc(OC)c2)c(Cl)c1. The third-order valence-electron chi connectivity index (χ3n) is 2.99. The zero-order valence-corrected chi connectivity index (χ0v) is 12.0. The third kappa shape index (κ3) is 3.49. The van der Waals surface area contributed by atoms with Gasteiger partial charge in [-0.15, -0.1) is 0 Å². The summed E-state index contributed by atoms with van der Waals surface area (Å²) in [6.07, 6.45) is 0. The van der Waals surface area contributed by atoms with Gasteiger partial charge in [-0.25, -0.2) is 0 Å². The van der Waals surface area contributed by atoms with E-state index in [0.717, 1.165) is 35.0 Å². The highest BCUT2D eigenvalue weighted by Crippen LogP contribution is 2.30. The van der Waals surface area contributed by atoms with E-state index < -0.39 is 0 Å². The van der Waals surface area contributed by atoms with Crippen LogP contribution in [0.2, 0.25) is 5.02 Å². The molecule has 0 atom stereocenters. The van der Waals surface area contributed by atoms with Crippen molar-refractivity contribution >= 4 is 11.6 Å². The lowest BCUT2D eigenvalue weighted by Crippen LogP contribution is -2.11. The van der Waals surface area contributed by atoms with E-state index in [1.807, 2.05) is 30.3 Å². The molecule has 0 saturated carbocycles. The number of halogens is 1. The van der Waals surface area contributed by atoms with Gasteiger partial charge in [0.2, 0.25) is 0 Å². The molecule has 0 bridgehead atoms. The molecular formula is C16H18ClNO. The molecule has 2 aromatic carbocycles. The highest BCUT2D eigenvalue weighted by molar-refractivity contribution is 6.33. The van der Waals surface area contributed by atoms with Gasteiger partial charge in [0.1, 0.15) is 5.75 Å². The first kappa shape index (κ1) is 13.9. The maximum Gasteiger partial charge on any atom is 0.119 e. The summed E-state index contributed by atoms with van der Waals surface area (Å²) in [5.74, 6) is 0.838. The van der Waals surface area contributed by atoms with Gasteiger partial charge in [-0.3, -0.25) is 0 Å². The van der Waals surface area contributed by atoms with Crippen LogP contribution in [0.15, 0.2) is 42.5 Å². The van der Waals surface area contributed by atoms with Crippen LogP contribution in [0, 0.1) is 0 Å². The lowest BCUT2D eigenvalue weighted by molar-refractivity contribution is 0.415. The normalized spacial score (nSPS) is 10.5. The Morgan fingerprint density at radius 3 is 2.68 bits per heavy atom. The Kier molecular flexibility index (Phi) is 4.83. The van der Waals surface area contributed by atoms with Gasteiger partial charge < -0.3 is 10.1 Å². The Hall–Kier alpha value is -1.51. The molecule has 3 heteroatoms. The minimum Gasteiger partial charge on any atom is -0.497 e. The zero-order chi connectivity index (χ0) is 13.7. The molecular weight excluding hydrogens is 258 g/mol. The van der Waals surface area contributed by atoms with Gasteiger partial charge >= 0.3 is 0 Å². The molecule has 0 radical (unpaired) electrons. The quantitative estimate of drug-likeness (QED) is 0.886. The summed E-state index contributed by atoms with van der Waals surface area (Å²) in [4.78, 5) is 0. The van der Waals surface area contributed by atoms with Crippen LogP contribution in [0.25, 0.3) is 11.1 Å². The molecule has 100 valence electrons. The molecule has 0 unspecified atom stereocenters. The van der Waals surface area contributed by atoms with Crippen LogP contribution < -0.4 is 10.1 Å². The highest BCUT2D eigenvalue weighted by Gasteiger charge is 2.05. The van der Waals surface area contributed by atoms with E-state index in [4.69, 9.17) is 16.3 Å². The predicted molar refractivity (Wildman–Crippen MR) is 80.8 cm³/mol. The van der Waals surface area contributed by atoms with E-state index >= 15 is 0 Å². The summed E-state index contributed by atoms with van der Waals surface area (Å²) in [7, 11) is 1.67. The van der Waals surface area contributed by atoms with Crippen molar-refractivity contribution in [3.63, 3.8) is 0 Å². The number of ether oxygens (including phenoxy) is 1. The highest BCUT2D eigenvalue weighted by atomic mass is 35.5. The number of methoxy groups -OCH3 is 1. The summed E-state index contributed by atoms with van der Waals surface area (Å²) < 4.78 is 5.24. The molecule has 0 heterocycles. The second-order valence-electron chi connectivity index (χ2n) is 4.33. The molecule has 2 nitrogen and oxygen atoms in total. The van der Waals surface area contributed by atoms with Gasteiger partial charge in [-0.2, -0.15) is 0 Å². The lowest BCUT2D eigenvalue weighted by Gasteiger charge is -2.09. The molecule has 0 spiro atoms. The fraction of sp³-hybridized carbons (Fsp3) is 0.250. The van der Waals surface area contributed by atoms with Crippen LogP contribution in [-0.4, -0.2) is 13.7 Å². The fourth-order valence-electron chi connectivity index (χ4n) is 1.96.